The molecule has 150 valence electrons. The summed E-state index contributed by atoms with van der Waals surface area (Å²) in [6.07, 6.45) is 1.09. The highest BCUT2D eigenvalue weighted by atomic mass is 35.5. The maximum Gasteiger partial charge on any atom is 0.242 e. The van der Waals surface area contributed by atoms with Crippen LogP contribution in [-0.4, -0.2) is 28.8 Å². The van der Waals surface area contributed by atoms with E-state index < -0.39 is 6.04 Å². The number of carbonyl (C=O) groups excluding carboxylic acids is 2. The molecule has 0 fully saturated rings. The van der Waals surface area contributed by atoms with Crippen molar-refractivity contribution < 1.29 is 9.59 Å². The molecule has 0 heterocycles. The Morgan fingerprint density at radius 3 is 2.39 bits per heavy atom. The van der Waals surface area contributed by atoms with Gasteiger partial charge in [0, 0.05) is 17.6 Å². The first kappa shape index (κ1) is 22.0. The lowest BCUT2D eigenvalue weighted by Gasteiger charge is -2.30. The smallest absolute Gasteiger partial charge is 0.242 e. The van der Waals surface area contributed by atoms with Crippen molar-refractivity contribution in [3.63, 3.8) is 0 Å². The maximum atomic E-state index is 13.1. The average Bonchev–Trinajstić information content (AvgIpc) is 2.65. The van der Waals surface area contributed by atoms with E-state index in [1.54, 1.807) is 17.9 Å². The van der Waals surface area contributed by atoms with Crippen molar-refractivity contribution in [1.29, 1.82) is 0 Å². The molecule has 0 bridgehead atoms. The van der Waals surface area contributed by atoms with Crippen LogP contribution in [0, 0.1) is 6.92 Å². The number of benzene rings is 2. The van der Waals surface area contributed by atoms with E-state index in [1.807, 2.05) is 63.2 Å². The number of hydrogen-bond donors (Lipinski definition) is 1. The van der Waals surface area contributed by atoms with Crippen LogP contribution in [0.5, 0.6) is 0 Å². The Morgan fingerprint density at radius 2 is 1.75 bits per heavy atom. The van der Waals surface area contributed by atoms with Gasteiger partial charge in [0.1, 0.15) is 6.04 Å². The van der Waals surface area contributed by atoms with Crippen molar-refractivity contribution in [2.75, 3.05) is 0 Å². The Labute approximate surface area is 172 Å². The zero-order valence-electron chi connectivity index (χ0n) is 17.0. The van der Waals surface area contributed by atoms with Gasteiger partial charge in [-0.25, -0.2) is 0 Å². The van der Waals surface area contributed by atoms with Gasteiger partial charge in [-0.2, -0.15) is 0 Å². The zero-order valence-corrected chi connectivity index (χ0v) is 17.8. The van der Waals surface area contributed by atoms with Gasteiger partial charge in [-0.05, 0) is 50.5 Å². The molecular weight excluding hydrogens is 372 g/mol. The van der Waals surface area contributed by atoms with Crippen molar-refractivity contribution in [1.82, 2.24) is 10.2 Å². The summed E-state index contributed by atoms with van der Waals surface area (Å²) in [5.41, 5.74) is 2.94. The van der Waals surface area contributed by atoms with Crippen molar-refractivity contribution >= 4 is 23.4 Å². The van der Waals surface area contributed by atoms with Gasteiger partial charge in [-0.15, -0.1) is 0 Å². The molecule has 4 nitrogen and oxygen atoms in total. The molecule has 2 aromatic carbocycles. The van der Waals surface area contributed by atoms with Gasteiger partial charge >= 0.3 is 0 Å². The summed E-state index contributed by atoms with van der Waals surface area (Å²) in [5.74, 6) is -0.230. The molecule has 2 amide bonds. The van der Waals surface area contributed by atoms with Crippen molar-refractivity contribution in [3.05, 3.63) is 70.2 Å². The summed E-state index contributed by atoms with van der Waals surface area (Å²) in [6, 6.07) is 14.8. The molecule has 0 aliphatic carbocycles. The van der Waals surface area contributed by atoms with E-state index in [4.69, 9.17) is 11.6 Å². The van der Waals surface area contributed by atoms with Crippen LogP contribution in [-0.2, 0) is 22.6 Å². The molecule has 0 spiro atoms. The minimum Gasteiger partial charge on any atom is -0.352 e. The molecule has 0 radical (unpaired) electrons. The van der Waals surface area contributed by atoms with Gasteiger partial charge in [0.15, 0.2) is 0 Å². The average molecular weight is 401 g/mol. The van der Waals surface area contributed by atoms with Crippen LogP contribution in [0.4, 0.5) is 0 Å². The highest BCUT2D eigenvalue weighted by Gasteiger charge is 2.26. The third kappa shape index (κ3) is 6.38. The molecule has 0 aliphatic rings. The predicted molar refractivity (Wildman–Crippen MR) is 114 cm³/mol. The Kier molecular flexibility index (Phi) is 8.06. The quantitative estimate of drug-likeness (QED) is 0.708. The fraction of sp³-hybridized carbons (Fsp3) is 0.391. The third-order valence-electron chi connectivity index (χ3n) is 4.85. The Bertz CT molecular complexity index is 822. The van der Waals surface area contributed by atoms with Crippen LogP contribution in [0.2, 0.25) is 5.02 Å². The lowest BCUT2D eigenvalue weighted by atomic mass is 10.1. The second kappa shape index (κ2) is 10.3. The monoisotopic (exact) mass is 400 g/mol. The molecule has 1 N–H and O–H groups in total. The fourth-order valence-corrected chi connectivity index (χ4v) is 3.19. The Hall–Kier alpha value is -2.33. The summed E-state index contributed by atoms with van der Waals surface area (Å²) in [7, 11) is 0. The molecule has 2 atom stereocenters. The van der Waals surface area contributed by atoms with Crippen LogP contribution in [0.25, 0.3) is 0 Å². The lowest BCUT2D eigenvalue weighted by Crippen LogP contribution is -2.49. The molecule has 0 unspecified atom stereocenters. The predicted octanol–water partition coefficient (Wildman–Crippen LogP) is 4.52. The molecule has 0 aliphatic heterocycles. The van der Waals surface area contributed by atoms with Gasteiger partial charge in [-0.3, -0.25) is 9.59 Å². The van der Waals surface area contributed by atoms with Crippen molar-refractivity contribution in [3.8, 4) is 0 Å². The first-order chi connectivity index (χ1) is 13.3. The van der Waals surface area contributed by atoms with E-state index in [0.29, 0.717) is 11.6 Å². The van der Waals surface area contributed by atoms with Crippen LogP contribution >= 0.6 is 11.6 Å². The summed E-state index contributed by atoms with van der Waals surface area (Å²) < 4.78 is 0. The van der Waals surface area contributed by atoms with E-state index in [1.165, 1.54) is 0 Å². The minimum absolute atomic E-state index is 0.0647. The number of amides is 2. The van der Waals surface area contributed by atoms with Gasteiger partial charge in [0.2, 0.25) is 11.8 Å². The van der Waals surface area contributed by atoms with E-state index in [2.05, 4.69) is 5.32 Å². The highest BCUT2D eigenvalue weighted by molar-refractivity contribution is 6.30. The number of hydrogen-bond acceptors (Lipinski definition) is 2. The summed E-state index contributed by atoms with van der Waals surface area (Å²) in [4.78, 5) is 27.4. The van der Waals surface area contributed by atoms with E-state index in [9.17, 15) is 9.59 Å². The Balaban J connectivity index is 2.23. The van der Waals surface area contributed by atoms with E-state index in [-0.39, 0.29) is 24.3 Å². The number of carbonyl (C=O) groups is 2. The molecular formula is C23H29ClN2O2. The van der Waals surface area contributed by atoms with Gasteiger partial charge in [0.25, 0.3) is 0 Å². The van der Waals surface area contributed by atoms with Crippen LogP contribution in [0.15, 0.2) is 48.5 Å². The van der Waals surface area contributed by atoms with E-state index >= 15 is 0 Å². The highest BCUT2D eigenvalue weighted by Crippen LogP contribution is 2.16. The molecule has 5 heteroatoms. The molecule has 0 saturated heterocycles. The standard InChI is InChI=1S/C23H29ClN2O2/c1-5-17(3)25-23(28)18(4)26(15-20-10-7-11-21(24)13-20)22(27)14-19-9-6-8-16(2)12-19/h6-13,17-18H,5,14-15H2,1-4H3,(H,25,28)/t17-,18-/m0/s1. The van der Waals surface area contributed by atoms with E-state index in [0.717, 1.165) is 23.1 Å². The zero-order chi connectivity index (χ0) is 20.7. The van der Waals surface area contributed by atoms with Crippen LogP contribution in [0.3, 0.4) is 0 Å². The number of aryl methyl sites for hydroxylation is 1. The first-order valence-electron chi connectivity index (χ1n) is 9.70. The number of halogens is 1. The van der Waals surface area contributed by atoms with Crippen molar-refractivity contribution in [2.45, 2.75) is 59.2 Å². The fourth-order valence-electron chi connectivity index (χ4n) is 2.98. The SMILES string of the molecule is CC[C@H](C)NC(=O)[C@H](C)N(Cc1cccc(Cl)c1)C(=O)Cc1cccc(C)c1. The van der Waals surface area contributed by atoms with Gasteiger partial charge < -0.3 is 10.2 Å². The minimum atomic E-state index is -0.578. The molecule has 0 saturated carbocycles. The molecule has 2 aromatic rings. The largest absolute Gasteiger partial charge is 0.352 e. The summed E-state index contributed by atoms with van der Waals surface area (Å²) in [5, 5.41) is 3.59. The second-order valence-corrected chi connectivity index (χ2v) is 7.75. The van der Waals surface area contributed by atoms with Gasteiger partial charge in [-0.1, -0.05) is 60.5 Å². The first-order valence-corrected chi connectivity index (χ1v) is 10.1. The topological polar surface area (TPSA) is 49.4 Å². The number of rotatable bonds is 8. The van der Waals surface area contributed by atoms with Crippen LogP contribution < -0.4 is 5.32 Å². The van der Waals surface area contributed by atoms with Crippen LogP contribution in [0.1, 0.15) is 43.9 Å². The summed E-state index contributed by atoms with van der Waals surface area (Å²) >= 11 is 6.10. The van der Waals surface area contributed by atoms with Crippen molar-refractivity contribution in [2.24, 2.45) is 0 Å². The Morgan fingerprint density at radius 1 is 1.07 bits per heavy atom. The molecule has 0 aromatic heterocycles. The molecule has 28 heavy (non-hydrogen) atoms. The number of nitrogens with zero attached hydrogens (tertiary/aromatic N) is 1. The summed E-state index contributed by atoms with van der Waals surface area (Å²) in [6.45, 7) is 8.08. The lowest BCUT2D eigenvalue weighted by molar-refractivity contribution is -0.140. The third-order valence-corrected chi connectivity index (χ3v) is 5.08. The molecule has 2 rings (SSSR count). The van der Waals surface area contributed by atoms with Gasteiger partial charge in [0.05, 0.1) is 6.42 Å². The number of nitrogens with one attached hydrogen (secondary N) is 1. The second-order valence-electron chi connectivity index (χ2n) is 7.31. The maximum absolute atomic E-state index is 13.1. The normalized spacial score (nSPS) is 12.9.